The van der Waals surface area contributed by atoms with Crippen LogP contribution in [-0.4, -0.2) is 152 Å². The molecule has 11 N–H and O–H groups in total. The maximum atomic E-state index is 13.7. The van der Waals surface area contributed by atoms with Crippen molar-refractivity contribution < 1.29 is 57.5 Å². The predicted molar refractivity (Wildman–Crippen MR) is 537 cm³/mol. The number of hydrogen-bond donors (Lipinski definition) is 11. The van der Waals surface area contributed by atoms with Crippen LogP contribution in [0.15, 0.2) is 0 Å². The van der Waals surface area contributed by atoms with Gasteiger partial charge < -0.3 is 58.5 Å². The topological polar surface area (TPSA) is 337 Å². The van der Waals surface area contributed by atoms with E-state index in [0.29, 0.717) is 176 Å². The van der Waals surface area contributed by atoms with Crippen LogP contribution in [0.4, 0.5) is 0 Å². The molecule has 0 bridgehead atoms. The summed E-state index contributed by atoms with van der Waals surface area (Å²) in [4.78, 5) is 154. The van der Waals surface area contributed by atoms with E-state index in [0.717, 1.165) is 193 Å². The number of carbonyl (C=O) groups excluding carboxylic acids is 12. The summed E-state index contributed by atoms with van der Waals surface area (Å²) in [7, 11) is 0. The molecular formula is C106H205N11O12. The Bertz CT molecular complexity index is 2900. The van der Waals surface area contributed by atoms with E-state index in [1.807, 2.05) is 41.5 Å². The van der Waals surface area contributed by atoms with E-state index in [4.69, 9.17) is 0 Å². The van der Waals surface area contributed by atoms with Crippen LogP contribution in [0.5, 0.6) is 0 Å². The summed E-state index contributed by atoms with van der Waals surface area (Å²) >= 11 is 0. The van der Waals surface area contributed by atoms with Crippen LogP contribution in [0, 0.1) is 65.1 Å². The van der Waals surface area contributed by atoms with E-state index in [1.165, 1.54) is 6.42 Å². The van der Waals surface area contributed by atoms with Gasteiger partial charge in [0.15, 0.2) is 11.6 Å². The van der Waals surface area contributed by atoms with Crippen molar-refractivity contribution in [2.45, 2.75) is 504 Å². The predicted octanol–water partition coefficient (Wildman–Crippen LogP) is 20.7. The van der Waals surface area contributed by atoms with Crippen LogP contribution in [0.2, 0.25) is 0 Å². The zero-order valence-electron chi connectivity index (χ0n) is 87.6. The number of nitrogens with one attached hydrogen (secondary N) is 11. The SMILES string of the molecule is CC(C)CCCCC(=O)NCCCCC(CC(=O)C(CCCCNC(=O)CCCCC(C)C)NC(=O)CCCCC(C)C)C(=O)NC(C)C.CC(C)CCCCC(=O)NCCCCC(CC(C)C)C(=O)CC(CCCCNC(C)C)C(=O)NC(C)C.CC(C)CCCCC(=O)NCCCCC(NC(=O)CCCCC(C)C)C(=O)CC(CCCCNC(C)C)C(=O)NC(C)C. The second-order valence-electron chi connectivity index (χ2n) is 42.1. The quantitative estimate of drug-likeness (QED) is 0.0252. The summed E-state index contributed by atoms with van der Waals surface area (Å²) < 4.78 is 0. The number of carbonyl (C=O) groups is 12. The molecule has 6 atom stereocenters. The first-order valence-electron chi connectivity index (χ1n) is 52.6. The lowest BCUT2D eigenvalue weighted by molar-refractivity contribution is -0.132. The first-order valence-corrected chi connectivity index (χ1v) is 52.6. The normalized spacial score (nSPS) is 13.0. The molecule has 0 spiro atoms. The summed E-state index contributed by atoms with van der Waals surface area (Å²) in [6.07, 6.45) is 36.2. The summed E-state index contributed by atoms with van der Waals surface area (Å²) in [5.41, 5.74) is 0. The highest BCUT2D eigenvalue weighted by Gasteiger charge is 2.32. The molecule has 0 rings (SSSR count). The molecule has 0 aliphatic carbocycles. The van der Waals surface area contributed by atoms with Crippen molar-refractivity contribution in [3.8, 4) is 0 Å². The lowest BCUT2D eigenvalue weighted by Gasteiger charge is -2.22. The summed E-state index contributed by atoms with van der Waals surface area (Å²) in [6, 6.07) is -0.369. The number of ketones is 3. The minimum atomic E-state index is -0.659. The van der Waals surface area contributed by atoms with E-state index in [2.05, 4.69) is 183 Å². The minimum Gasteiger partial charge on any atom is -0.356 e. The lowest BCUT2D eigenvalue weighted by Crippen LogP contribution is -2.43. The Hall–Kier alpha value is -5.84. The molecule has 0 aliphatic heterocycles. The number of hydrogen-bond acceptors (Lipinski definition) is 14. The molecule has 23 heteroatoms. The van der Waals surface area contributed by atoms with Gasteiger partial charge in [-0.15, -0.1) is 0 Å². The molecular weight excluding hydrogens is 1620 g/mol. The molecule has 0 aromatic heterocycles. The van der Waals surface area contributed by atoms with Crippen LogP contribution in [0.1, 0.15) is 462 Å². The van der Waals surface area contributed by atoms with Crippen molar-refractivity contribution in [3.63, 3.8) is 0 Å². The van der Waals surface area contributed by atoms with Crippen LogP contribution in [0.3, 0.4) is 0 Å². The minimum absolute atomic E-state index is 0.000496. The fourth-order valence-electron chi connectivity index (χ4n) is 15.6. The van der Waals surface area contributed by atoms with Crippen LogP contribution >= 0.6 is 0 Å². The van der Waals surface area contributed by atoms with Crippen LogP contribution < -0.4 is 58.5 Å². The number of unbranched alkanes of at least 4 members (excludes halogenated alkanes) is 12. The van der Waals surface area contributed by atoms with Crippen molar-refractivity contribution in [1.82, 2.24) is 58.5 Å². The van der Waals surface area contributed by atoms with Crippen molar-refractivity contribution in [3.05, 3.63) is 0 Å². The maximum Gasteiger partial charge on any atom is 0.223 e. The smallest absolute Gasteiger partial charge is 0.223 e. The van der Waals surface area contributed by atoms with E-state index in [-0.39, 0.29) is 113 Å². The zero-order chi connectivity index (χ0) is 97.9. The van der Waals surface area contributed by atoms with Gasteiger partial charge in [-0.3, -0.25) is 57.5 Å². The molecule has 0 saturated carbocycles. The Morgan fingerprint density at radius 2 is 0.395 bits per heavy atom. The van der Waals surface area contributed by atoms with Gasteiger partial charge in [0.1, 0.15) is 5.78 Å². The van der Waals surface area contributed by atoms with Crippen LogP contribution in [-0.2, 0) is 57.5 Å². The van der Waals surface area contributed by atoms with Gasteiger partial charge in [-0.2, -0.15) is 0 Å². The third-order valence-electron chi connectivity index (χ3n) is 23.2. The molecule has 0 aromatic carbocycles. The monoisotopic (exact) mass is 1820 g/mol. The van der Waals surface area contributed by atoms with Gasteiger partial charge in [0, 0.05) is 138 Å². The van der Waals surface area contributed by atoms with Gasteiger partial charge in [-0.25, -0.2) is 0 Å². The molecule has 0 saturated heterocycles. The third kappa shape index (κ3) is 84.9. The van der Waals surface area contributed by atoms with E-state index in [1.54, 1.807) is 0 Å². The molecule has 0 radical (unpaired) electrons. The number of amides is 9. The van der Waals surface area contributed by atoms with Gasteiger partial charge in [0.25, 0.3) is 0 Å². The number of Topliss-reactive ketones (excluding diaryl/α,β-unsaturated/α-hetero) is 3. The second-order valence-corrected chi connectivity index (χ2v) is 42.1. The van der Waals surface area contributed by atoms with Gasteiger partial charge in [-0.1, -0.05) is 227 Å². The molecule has 23 nitrogen and oxygen atoms in total. The van der Waals surface area contributed by atoms with E-state index >= 15 is 0 Å². The Kier molecular flexibility index (Phi) is 81.7. The third-order valence-corrected chi connectivity index (χ3v) is 23.2. The average molecular weight is 1830 g/mol. The summed E-state index contributed by atoms with van der Waals surface area (Å²) in [6.45, 7) is 54.8. The summed E-state index contributed by atoms with van der Waals surface area (Å²) in [5, 5.41) is 33.8. The first-order chi connectivity index (χ1) is 60.9. The molecule has 129 heavy (non-hydrogen) atoms. The average Bonchev–Trinajstić information content (AvgIpc) is 0.966. The van der Waals surface area contributed by atoms with Crippen LogP contribution in [0.25, 0.3) is 0 Å². The van der Waals surface area contributed by atoms with Gasteiger partial charge in [0.2, 0.25) is 53.2 Å². The Morgan fingerprint density at radius 3 is 0.620 bits per heavy atom. The Labute approximate surface area is 790 Å². The fraction of sp³-hybridized carbons (Fsp3) is 0.887. The van der Waals surface area contributed by atoms with Crippen molar-refractivity contribution >= 4 is 70.5 Å². The Balaban J connectivity index is -0.00000186. The van der Waals surface area contributed by atoms with E-state index in [9.17, 15) is 57.5 Å². The lowest BCUT2D eigenvalue weighted by atomic mass is 9.83. The van der Waals surface area contributed by atoms with E-state index < -0.39 is 23.9 Å². The molecule has 756 valence electrons. The van der Waals surface area contributed by atoms with Gasteiger partial charge in [-0.05, 0) is 231 Å². The highest BCUT2D eigenvalue weighted by molar-refractivity contribution is 5.94. The molecule has 9 amide bonds. The van der Waals surface area contributed by atoms with Crippen molar-refractivity contribution in [2.75, 3.05) is 39.3 Å². The molecule has 0 aliphatic rings. The van der Waals surface area contributed by atoms with Gasteiger partial charge >= 0.3 is 0 Å². The second kappa shape index (κ2) is 82.8. The fourth-order valence-corrected chi connectivity index (χ4v) is 15.6. The summed E-state index contributed by atoms with van der Waals surface area (Å²) in [5.74, 6) is 3.04. The standard InChI is InChI=1S/C40H76N4O5.C35H68N4O4.C31H61N3O3/c1-30(2)19-9-12-24-37(46)41-27-17-15-22-34(40(49)43-33(7)8)29-36(45)35(44-39(48)26-14-11-21-32(5)6)23-16-18-28-42-38(47)25-13-10-20-31(3)4;1-26(2)17-9-11-21-33(41)37-24-16-14-20-31(39-34(42)22-12-10-18-27(3)4)32(40)25-30(35(43)38-29(7)8)19-13-15-23-36-28(5)6;1-23(2)15-9-10-18-30(36)33-20-14-11-16-27(21-24(3)4)29(35)22-28(31(37)34-26(7)8)17-12-13-19-32-25(5)6/h30-35H,9-29H2,1-8H3,(H,41,46)(H,42,47)(H,43,49)(H,44,48);26-31,36H,9-25H2,1-8H3,(H,37,41)(H,38,43)(H,39,42);23-28,32H,9-22H2,1-8H3,(H,33,36)(H,34,37). The molecule has 0 heterocycles. The number of rotatable bonds is 81. The van der Waals surface area contributed by atoms with Crippen molar-refractivity contribution in [2.24, 2.45) is 65.1 Å². The highest BCUT2D eigenvalue weighted by atomic mass is 16.2. The Morgan fingerprint density at radius 1 is 0.186 bits per heavy atom. The largest absolute Gasteiger partial charge is 0.356 e. The molecule has 0 aromatic rings. The molecule has 0 fully saturated rings. The zero-order valence-corrected chi connectivity index (χ0v) is 87.6. The van der Waals surface area contributed by atoms with Gasteiger partial charge in [0.05, 0.1) is 12.1 Å². The van der Waals surface area contributed by atoms with Crippen molar-refractivity contribution in [1.29, 1.82) is 0 Å². The molecule has 6 unspecified atom stereocenters. The highest BCUT2D eigenvalue weighted by Crippen LogP contribution is 2.27. The maximum absolute atomic E-state index is 13.7. The first kappa shape index (κ1) is 127.